The molecule has 2 heterocycles. The van der Waals surface area contributed by atoms with Crippen molar-refractivity contribution in [1.29, 1.82) is 0 Å². The fourth-order valence-electron chi connectivity index (χ4n) is 4.22. The van der Waals surface area contributed by atoms with Gasteiger partial charge in [0.2, 0.25) is 10.0 Å². The molecule has 1 fully saturated rings. The van der Waals surface area contributed by atoms with Crippen molar-refractivity contribution in [3.05, 3.63) is 70.6 Å². The van der Waals surface area contributed by atoms with Crippen molar-refractivity contribution < 1.29 is 21.6 Å². The smallest absolute Gasteiger partial charge is 0.258 e. The molecule has 1 saturated heterocycles. The van der Waals surface area contributed by atoms with E-state index >= 15 is 0 Å². The molecular weight excluding hydrogens is 460 g/mol. The van der Waals surface area contributed by atoms with Crippen LogP contribution >= 0.6 is 0 Å². The van der Waals surface area contributed by atoms with Crippen molar-refractivity contribution in [2.45, 2.75) is 44.0 Å². The fourth-order valence-corrected chi connectivity index (χ4v) is 7.00. The van der Waals surface area contributed by atoms with Gasteiger partial charge in [0.25, 0.3) is 5.91 Å². The van der Waals surface area contributed by atoms with E-state index in [1.54, 1.807) is 6.07 Å². The zero-order valence-corrected chi connectivity index (χ0v) is 20.4. The van der Waals surface area contributed by atoms with Crippen molar-refractivity contribution in [3.8, 4) is 0 Å². The van der Waals surface area contributed by atoms with Crippen molar-refractivity contribution in [2.24, 2.45) is 0 Å². The van der Waals surface area contributed by atoms with Gasteiger partial charge in [0.1, 0.15) is 0 Å². The Kier molecular flexibility index (Phi) is 6.48. The second-order valence-corrected chi connectivity index (χ2v) is 12.5. The third-order valence-electron chi connectivity index (χ3n) is 6.28. The maximum Gasteiger partial charge on any atom is 0.258 e. The molecule has 2 aliphatic rings. The second kappa shape index (κ2) is 9.04. The molecule has 33 heavy (non-hydrogen) atoms. The fraction of sp³-hybridized carbons (Fsp3) is 0.375. The standard InChI is InChI=1S/C24H28N2O5S2/c1-18-6-9-21(16-19(18)2)26(22-12-15-32(28,29)17-22)24(27)20-7-10-23(11-8-20)33(30,31)25-13-4-3-5-14-25/h6-12,15-16,22H,3-5,13-14,17H2,1-2H3. The van der Waals surface area contributed by atoms with Crippen LogP contribution in [0.2, 0.25) is 0 Å². The molecular formula is C24H28N2O5S2. The summed E-state index contributed by atoms with van der Waals surface area (Å²) in [6.45, 7) is 4.91. The van der Waals surface area contributed by atoms with Gasteiger partial charge >= 0.3 is 0 Å². The van der Waals surface area contributed by atoms with Crippen LogP contribution in [-0.2, 0) is 19.9 Å². The van der Waals surface area contributed by atoms with Crippen LogP contribution < -0.4 is 4.90 Å². The third-order valence-corrected chi connectivity index (χ3v) is 9.58. The highest BCUT2D eigenvalue weighted by Gasteiger charge is 2.33. The van der Waals surface area contributed by atoms with E-state index in [2.05, 4.69) is 0 Å². The largest absolute Gasteiger partial charge is 0.300 e. The number of sulfonamides is 1. The van der Waals surface area contributed by atoms with Crippen LogP contribution in [0.25, 0.3) is 0 Å². The van der Waals surface area contributed by atoms with E-state index in [0.717, 1.165) is 35.8 Å². The van der Waals surface area contributed by atoms with E-state index < -0.39 is 25.9 Å². The minimum Gasteiger partial charge on any atom is -0.300 e. The highest BCUT2D eigenvalue weighted by molar-refractivity contribution is 7.94. The van der Waals surface area contributed by atoms with E-state index in [9.17, 15) is 21.6 Å². The van der Waals surface area contributed by atoms with Crippen molar-refractivity contribution >= 4 is 31.5 Å². The van der Waals surface area contributed by atoms with Gasteiger partial charge in [0, 0.05) is 29.7 Å². The molecule has 1 unspecified atom stereocenters. The van der Waals surface area contributed by atoms with Crippen molar-refractivity contribution in [2.75, 3.05) is 23.7 Å². The molecule has 0 aliphatic carbocycles. The Hall–Kier alpha value is -2.49. The third kappa shape index (κ3) is 4.90. The predicted molar refractivity (Wildman–Crippen MR) is 128 cm³/mol. The monoisotopic (exact) mass is 488 g/mol. The molecule has 0 N–H and O–H groups in total. The SMILES string of the molecule is Cc1ccc(N(C(=O)c2ccc(S(=O)(=O)N3CCCCC3)cc2)C2C=CS(=O)(=O)C2)cc1C. The summed E-state index contributed by atoms with van der Waals surface area (Å²) in [5.74, 6) is -0.570. The van der Waals surface area contributed by atoms with Gasteiger partial charge in [-0.3, -0.25) is 4.79 Å². The number of sulfone groups is 1. The van der Waals surface area contributed by atoms with Crippen molar-refractivity contribution in [3.63, 3.8) is 0 Å². The lowest BCUT2D eigenvalue weighted by Crippen LogP contribution is -2.41. The van der Waals surface area contributed by atoms with Gasteiger partial charge in [-0.25, -0.2) is 16.8 Å². The minimum absolute atomic E-state index is 0.155. The molecule has 4 rings (SSSR count). The van der Waals surface area contributed by atoms with E-state index in [4.69, 9.17) is 0 Å². The Bertz CT molecular complexity index is 1290. The van der Waals surface area contributed by atoms with Gasteiger partial charge in [-0.05, 0) is 80.3 Å². The molecule has 0 bridgehead atoms. The number of carbonyl (C=O) groups is 1. The van der Waals surface area contributed by atoms with Gasteiger partial charge in [-0.15, -0.1) is 0 Å². The molecule has 2 aromatic rings. The molecule has 2 aromatic carbocycles. The Morgan fingerprint density at radius 2 is 1.64 bits per heavy atom. The van der Waals surface area contributed by atoms with Gasteiger partial charge in [-0.1, -0.05) is 12.5 Å². The van der Waals surface area contributed by atoms with Crippen LogP contribution in [-0.4, -0.2) is 51.9 Å². The first-order valence-corrected chi connectivity index (χ1v) is 14.2. The van der Waals surface area contributed by atoms with Crippen LogP contribution in [0, 0.1) is 13.8 Å². The molecule has 0 spiro atoms. The zero-order valence-electron chi connectivity index (χ0n) is 18.8. The average molecular weight is 489 g/mol. The zero-order chi connectivity index (χ0) is 23.8. The molecule has 9 heteroatoms. The maximum absolute atomic E-state index is 13.5. The molecule has 1 amide bonds. The topological polar surface area (TPSA) is 91.8 Å². The number of piperidine rings is 1. The Labute approximate surface area is 195 Å². The summed E-state index contributed by atoms with van der Waals surface area (Å²) in [5, 5.41) is 1.15. The predicted octanol–water partition coefficient (Wildman–Crippen LogP) is 3.44. The van der Waals surface area contributed by atoms with Crippen molar-refractivity contribution in [1.82, 2.24) is 4.31 Å². The number of hydrogen-bond donors (Lipinski definition) is 0. The second-order valence-electron chi connectivity index (χ2n) is 8.66. The minimum atomic E-state index is -3.60. The first kappa shape index (κ1) is 23.7. The summed E-state index contributed by atoms with van der Waals surface area (Å²) in [6.07, 6.45) is 4.24. The van der Waals surface area contributed by atoms with Gasteiger partial charge in [0.15, 0.2) is 9.84 Å². The lowest BCUT2D eigenvalue weighted by atomic mass is 10.1. The Morgan fingerprint density at radius 3 is 2.21 bits per heavy atom. The average Bonchev–Trinajstić information content (AvgIpc) is 3.16. The van der Waals surface area contributed by atoms with Gasteiger partial charge in [0.05, 0.1) is 16.7 Å². The number of hydrogen-bond acceptors (Lipinski definition) is 5. The first-order chi connectivity index (χ1) is 15.6. The van der Waals surface area contributed by atoms with Crippen LogP contribution in [0.15, 0.2) is 58.8 Å². The van der Waals surface area contributed by atoms with Crippen LogP contribution in [0.1, 0.15) is 40.7 Å². The molecule has 2 aliphatic heterocycles. The molecule has 176 valence electrons. The number of aryl methyl sites for hydroxylation is 2. The molecule has 0 saturated carbocycles. The Balaban J connectivity index is 1.66. The molecule has 7 nitrogen and oxygen atoms in total. The van der Waals surface area contributed by atoms with Crippen LogP contribution in [0.5, 0.6) is 0 Å². The van der Waals surface area contributed by atoms with Gasteiger partial charge < -0.3 is 4.90 Å². The van der Waals surface area contributed by atoms with E-state index in [-0.39, 0.29) is 16.6 Å². The normalized spacial score (nSPS) is 20.6. The highest BCUT2D eigenvalue weighted by atomic mass is 32.2. The number of carbonyl (C=O) groups excluding carboxylic acids is 1. The lowest BCUT2D eigenvalue weighted by Gasteiger charge is -2.29. The number of amides is 1. The maximum atomic E-state index is 13.5. The summed E-state index contributed by atoms with van der Waals surface area (Å²) < 4.78 is 51.5. The first-order valence-electron chi connectivity index (χ1n) is 11.0. The summed E-state index contributed by atoms with van der Waals surface area (Å²) in [4.78, 5) is 15.2. The highest BCUT2D eigenvalue weighted by Crippen LogP contribution is 2.28. The Morgan fingerprint density at radius 1 is 0.970 bits per heavy atom. The van der Waals surface area contributed by atoms with Crippen LogP contribution in [0.3, 0.4) is 0 Å². The van der Waals surface area contributed by atoms with E-state index in [1.807, 2.05) is 26.0 Å². The molecule has 0 radical (unpaired) electrons. The van der Waals surface area contributed by atoms with Gasteiger partial charge in [-0.2, -0.15) is 4.31 Å². The number of rotatable bonds is 5. The number of benzene rings is 2. The van der Waals surface area contributed by atoms with E-state index in [0.29, 0.717) is 24.3 Å². The van der Waals surface area contributed by atoms with Crippen LogP contribution in [0.4, 0.5) is 5.69 Å². The summed E-state index contributed by atoms with van der Waals surface area (Å²) >= 11 is 0. The summed E-state index contributed by atoms with van der Waals surface area (Å²) in [6, 6.07) is 10.8. The van der Waals surface area contributed by atoms with E-state index in [1.165, 1.54) is 39.5 Å². The molecule has 1 atom stereocenters. The lowest BCUT2D eigenvalue weighted by molar-refractivity contribution is 0.0983. The summed E-state index contributed by atoms with van der Waals surface area (Å²) in [5.41, 5.74) is 2.94. The number of anilines is 1. The quantitative estimate of drug-likeness (QED) is 0.643. The number of nitrogens with zero attached hydrogens (tertiary/aromatic N) is 2. The summed E-state index contributed by atoms with van der Waals surface area (Å²) in [7, 11) is -6.98. The molecule has 0 aromatic heterocycles.